The van der Waals surface area contributed by atoms with Gasteiger partial charge in [-0.2, -0.15) is 0 Å². The summed E-state index contributed by atoms with van der Waals surface area (Å²) in [7, 11) is 0. The summed E-state index contributed by atoms with van der Waals surface area (Å²) < 4.78 is 2.42. The van der Waals surface area contributed by atoms with Crippen molar-refractivity contribution >= 4 is 38.9 Å². The van der Waals surface area contributed by atoms with Gasteiger partial charge >= 0.3 is 0 Å². The van der Waals surface area contributed by atoms with Gasteiger partial charge in [-0.25, -0.2) is 0 Å². The molecule has 0 amide bonds. The summed E-state index contributed by atoms with van der Waals surface area (Å²) in [5.74, 6) is 0. The highest BCUT2D eigenvalue weighted by atomic mass is 15.1. The van der Waals surface area contributed by atoms with Gasteiger partial charge < -0.3 is 9.47 Å². The van der Waals surface area contributed by atoms with Crippen molar-refractivity contribution in [1.82, 2.24) is 4.57 Å². The van der Waals surface area contributed by atoms with Crippen LogP contribution < -0.4 is 4.90 Å². The van der Waals surface area contributed by atoms with E-state index in [-0.39, 0.29) is 5.41 Å². The molecule has 224 valence electrons. The zero-order chi connectivity index (χ0) is 31.5. The van der Waals surface area contributed by atoms with E-state index in [2.05, 4.69) is 193 Å². The van der Waals surface area contributed by atoms with Crippen LogP contribution in [0.5, 0.6) is 0 Å². The molecule has 1 aliphatic carbocycles. The minimum absolute atomic E-state index is 0.0789. The molecule has 1 aliphatic rings. The Bertz CT molecular complexity index is 2430. The van der Waals surface area contributed by atoms with Crippen LogP contribution in [0.25, 0.3) is 49.7 Å². The Balaban J connectivity index is 1.26. The van der Waals surface area contributed by atoms with Gasteiger partial charge in [-0.15, -0.1) is 0 Å². The molecular formula is C45H34N2. The molecule has 1 heterocycles. The number of benzene rings is 7. The van der Waals surface area contributed by atoms with Gasteiger partial charge in [-0.3, -0.25) is 0 Å². The van der Waals surface area contributed by atoms with Crippen LogP contribution in [0.3, 0.4) is 0 Å². The summed E-state index contributed by atoms with van der Waals surface area (Å²) in [5.41, 5.74) is 14.7. The lowest BCUT2D eigenvalue weighted by Gasteiger charge is -2.28. The first kappa shape index (κ1) is 27.5. The largest absolute Gasteiger partial charge is 0.310 e. The second-order valence-electron chi connectivity index (χ2n) is 13.0. The molecule has 2 nitrogen and oxygen atoms in total. The normalized spacial score (nSPS) is 13.1. The minimum Gasteiger partial charge on any atom is -0.310 e. The number of nitrogens with zero attached hydrogens (tertiary/aromatic N) is 2. The molecular weight excluding hydrogens is 569 g/mol. The molecule has 47 heavy (non-hydrogen) atoms. The maximum Gasteiger partial charge on any atom is 0.0561 e. The highest BCUT2D eigenvalue weighted by molar-refractivity contribution is 6.10. The first-order chi connectivity index (χ1) is 23.1. The summed E-state index contributed by atoms with van der Waals surface area (Å²) in [4.78, 5) is 2.40. The number of aromatic nitrogens is 1. The van der Waals surface area contributed by atoms with Crippen LogP contribution in [0, 0.1) is 0 Å². The summed E-state index contributed by atoms with van der Waals surface area (Å²) in [6.07, 6.45) is 0. The van der Waals surface area contributed by atoms with Gasteiger partial charge in [0.2, 0.25) is 0 Å². The number of para-hydroxylation sites is 2. The molecule has 8 aromatic rings. The van der Waals surface area contributed by atoms with Crippen LogP contribution in [-0.2, 0) is 5.41 Å². The van der Waals surface area contributed by atoms with Crippen LogP contribution in [0.4, 0.5) is 17.1 Å². The van der Waals surface area contributed by atoms with E-state index in [1.165, 1.54) is 55.2 Å². The number of hydrogen-bond acceptors (Lipinski definition) is 1. The lowest BCUT2D eigenvalue weighted by atomic mass is 9.82. The zero-order valence-corrected chi connectivity index (χ0v) is 26.6. The van der Waals surface area contributed by atoms with Gasteiger partial charge in [0, 0.05) is 38.9 Å². The molecule has 1 aromatic heterocycles. The van der Waals surface area contributed by atoms with Crippen molar-refractivity contribution in [1.29, 1.82) is 0 Å². The molecule has 0 bridgehead atoms. The second-order valence-corrected chi connectivity index (χ2v) is 13.0. The minimum atomic E-state index is -0.0789. The topological polar surface area (TPSA) is 8.17 Å². The summed E-state index contributed by atoms with van der Waals surface area (Å²) in [5, 5.41) is 2.50. The van der Waals surface area contributed by atoms with E-state index in [0.717, 1.165) is 22.7 Å². The Morgan fingerprint density at radius 1 is 0.426 bits per heavy atom. The first-order valence-corrected chi connectivity index (χ1v) is 16.4. The van der Waals surface area contributed by atoms with E-state index >= 15 is 0 Å². The molecule has 0 saturated carbocycles. The van der Waals surface area contributed by atoms with Crippen molar-refractivity contribution in [3.8, 4) is 27.9 Å². The van der Waals surface area contributed by atoms with E-state index in [4.69, 9.17) is 0 Å². The zero-order valence-electron chi connectivity index (χ0n) is 26.6. The van der Waals surface area contributed by atoms with Gasteiger partial charge in [0.15, 0.2) is 0 Å². The predicted octanol–water partition coefficient (Wildman–Crippen LogP) is 12.2. The van der Waals surface area contributed by atoms with Crippen molar-refractivity contribution in [2.75, 3.05) is 4.90 Å². The van der Waals surface area contributed by atoms with E-state index < -0.39 is 0 Å². The number of hydrogen-bond donors (Lipinski definition) is 0. The third-order valence-electron chi connectivity index (χ3n) is 9.97. The quantitative estimate of drug-likeness (QED) is 0.190. The van der Waals surface area contributed by atoms with E-state index in [0.29, 0.717) is 0 Å². The fraction of sp³-hybridized carbons (Fsp3) is 0.0667. The van der Waals surface area contributed by atoms with Crippen molar-refractivity contribution < 1.29 is 0 Å². The Labute approximate surface area is 275 Å². The van der Waals surface area contributed by atoms with Crippen LogP contribution in [-0.4, -0.2) is 4.57 Å². The number of rotatable bonds is 5. The van der Waals surface area contributed by atoms with Crippen LogP contribution in [0.15, 0.2) is 170 Å². The Morgan fingerprint density at radius 3 is 1.91 bits per heavy atom. The first-order valence-electron chi connectivity index (χ1n) is 16.4. The average molecular weight is 603 g/mol. The van der Waals surface area contributed by atoms with Crippen molar-refractivity contribution in [2.24, 2.45) is 0 Å². The summed E-state index contributed by atoms with van der Waals surface area (Å²) >= 11 is 0. The molecule has 0 spiro atoms. The van der Waals surface area contributed by atoms with Crippen LogP contribution >= 0.6 is 0 Å². The molecule has 9 rings (SSSR count). The molecule has 0 radical (unpaired) electrons. The highest BCUT2D eigenvalue weighted by Gasteiger charge is 2.35. The molecule has 0 fully saturated rings. The van der Waals surface area contributed by atoms with Crippen molar-refractivity contribution in [3.05, 3.63) is 181 Å². The lowest BCUT2D eigenvalue weighted by Crippen LogP contribution is -2.16. The van der Waals surface area contributed by atoms with Crippen molar-refractivity contribution in [2.45, 2.75) is 19.3 Å². The molecule has 0 N–H and O–H groups in total. The lowest BCUT2D eigenvalue weighted by molar-refractivity contribution is 0.660. The Hall–Kier alpha value is -5.86. The Kier molecular flexibility index (Phi) is 6.20. The third kappa shape index (κ3) is 4.33. The molecule has 0 aliphatic heterocycles. The average Bonchev–Trinajstić information content (AvgIpc) is 3.57. The maximum absolute atomic E-state index is 2.42. The SMILES string of the molecule is CC1(C)c2ccccc2-c2ccc(N(c3ccccc3)c3ccc4c5ccccc5n(-c5cccc(-c6ccccc6)c5)c4c3)cc21. The monoisotopic (exact) mass is 602 g/mol. The molecule has 2 heteroatoms. The van der Waals surface area contributed by atoms with Gasteiger partial charge in [0.1, 0.15) is 0 Å². The fourth-order valence-corrected chi connectivity index (χ4v) is 7.69. The second kappa shape index (κ2) is 10.6. The van der Waals surface area contributed by atoms with E-state index in [1.807, 2.05) is 0 Å². The van der Waals surface area contributed by atoms with Gasteiger partial charge in [0.25, 0.3) is 0 Å². The fourth-order valence-electron chi connectivity index (χ4n) is 7.69. The van der Waals surface area contributed by atoms with Crippen LogP contribution in [0.2, 0.25) is 0 Å². The third-order valence-corrected chi connectivity index (χ3v) is 9.97. The summed E-state index contributed by atoms with van der Waals surface area (Å²) in [6, 6.07) is 61.8. The molecule has 0 unspecified atom stereocenters. The smallest absolute Gasteiger partial charge is 0.0561 e. The van der Waals surface area contributed by atoms with Gasteiger partial charge in [-0.05, 0) is 88.0 Å². The standard InChI is InChI=1S/C45H34N2/c1-45(2)41-22-11-9-20-37(41)38-26-24-35(29-42(38)45)46(33-17-7-4-8-18-33)36-25-27-40-39-21-10-12-23-43(39)47(44(40)30-36)34-19-13-16-32(28-34)31-14-5-3-6-15-31/h3-30H,1-2H3. The van der Waals surface area contributed by atoms with Gasteiger partial charge in [-0.1, -0.05) is 129 Å². The van der Waals surface area contributed by atoms with Gasteiger partial charge in [0.05, 0.1) is 11.0 Å². The number of fused-ring (bicyclic) bond motifs is 6. The molecule has 0 atom stereocenters. The molecule has 7 aromatic carbocycles. The number of anilines is 3. The molecule has 0 saturated heterocycles. The highest BCUT2D eigenvalue weighted by Crippen LogP contribution is 2.50. The van der Waals surface area contributed by atoms with E-state index in [9.17, 15) is 0 Å². The summed E-state index contributed by atoms with van der Waals surface area (Å²) in [6.45, 7) is 4.70. The van der Waals surface area contributed by atoms with Crippen molar-refractivity contribution in [3.63, 3.8) is 0 Å². The predicted molar refractivity (Wildman–Crippen MR) is 198 cm³/mol. The Morgan fingerprint density at radius 2 is 1.06 bits per heavy atom. The maximum atomic E-state index is 2.42. The van der Waals surface area contributed by atoms with Crippen LogP contribution in [0.1, 0.15) is 25.0 Å². The van der Waals surface area contributed by atoms with E-state index in [1.54, 1.807) is 0 Å².